The molecule has 11 heteroatoms. The number of carboxylic acid groups (broad SMARTS) is 1. The van der Waals surface area contributed by atoms with Crippen LogP contribution in [-0.4, -0.2) is 37.5 Å². The number of halogens is 2. The minimum absolute atomic E-state index is 0.176. The Morgan fingerprint density at radius 2 is 1.64 bits per heavy atom. The lowest BCUT2D eigenvalue weighted by molar-refractivity contribution is -0.161. The molecule has 28 heavy (non-hydrogen) atoms. The van der Waals surface area contributed by atoms with Crippen LogP contribution in [-0.2, 0) is 31.0 Å². The molecule has 1 atom stereocenters. The average Bonchev–Trinajstić information content (AvgIpc) is 2.64. The molecule has 0 radical (unpaired) electrons. The quantitative estimate of drug-likeness (QED) is 0.415. The number of nitrogens with two attached hydrogens (primary N) is 1. The van der Waals surface area contributed by atoms with Gasteiger partial charge in [0, 0.05) is 0 Å². The van der Waals surface area contributed by atoms with E-state index in [0.29, 0.717) is 5.56 Å². The lowest BCUT2D eigenvalue weighted by Gasteiger charge is -2.23. The molecular formula is C17H16Cl2N2O6S. The number of ether oxygens (including phenoxy) is 1. The number of sulfonamides is 1. The van der Waals surface area contributed by atoms with Gasteiger partial charge in [-0.15, -0.1) is 0 Å². The number of hydrogen-bond acceptors (Lipinski definition) is 6. The van der Waals surface area contributed by atoms with E-state index in [9.17, 15) is 23.1 Å². The van der Waals surface area contributed by atoms with Gasteiger partial charge in [-0.2, -0.15) is 0 Å². The van der Waals surface area contributed by atoms with Crippen molar-refractivity contribution in [1.82, 2.24) is 4.72 Å². The second-order valence-electron chi connectivity index (χ2n) is 5.71. The molecule has 0 saturated heterocycles. The second-order valence-corrected chi connectivity index (χ2v) is 8.23. The van der Waals surface area contributed by atoms with Gasteiger partial charge in [0.1, 0.15) is 11.5 Å². The van der Waals surface area contributed by atoms with Crippen molar-refractivity contribution in [2.24, 2.45) is 5.73 Å². The molecule has 0 fully saturated rings. The van der Waals surface area contributed by atoms with Gasteiger partial charge in [-0.1, -0.05) is 59.6 Å². The van der Waals surface area contributed by atoms with E-state index in [1.807, 2.05) is 4.72 Å². The summed E-state index contributed by atoms with van der Waals surface area (Å²) >= 11 is 11.7. The zero-order valence-corrected chi connectivity index (χ0v) is 16.6. The van der Waals surface area contributed by atoms with Crippen molar-refractivity contribution in [2.45, 2.75) is 17.0 Å². The number of aliphatic carboxylic acids is 1. The van der Waals surface area contributed by atoms with Crippen molar-refractivity contribution < 1.29 is 27.9 Å². The highest BCUT2D eigenvalue weighted by Gasteiger charge is 2.45. The molecule has 0 heterocycles. The second kappa shape index (κ2) is 8.89. The van der Waals surface area contributed by atoms with Crippen LogP contribution >= 0.6 is 23.2 Å². The van der Waals surface area contributed by atoms with E-state index >= 15 is 0 Å². The Morgan fingerprint density at radius 3 is 2.18 bits per heavy atom. The van der Waals surface area contributed by atoms with Gasteiger partial charge in [0.15, 0.2) is 0 Å². The minimum atomic E-state index is -4.35. The summed E-state index contributed by atoms with van der Waals surface area (Å²) < 4.78 is 31.8. The minimum Gasteiger partial charge on any atom is -0.479 e. The average molecular weight is 447 g/mol. The number of carbonyl (C=O) groups is 2. The van der Waals surface area contributed by atoms with Gasteiger partial charge in [-0.25, -0.2) is 22.7 Å². The highest BCUT2D eigenvalue weighted by molar-refractivity contribution is 7.89. The van der Waals surface area contributed by atoms with Gasteiger partial charge < -0.3 is 15.6 Å². The first-order valence-corrected chi connectivity index (χ1v) is 9.99. The van der Waals surface area contributed by atoms with Gasteiger partial charge >= 0.3 is 11.9 Å². The summed E-state index contributed by atoms with van der Waals surface area (Å²) in [6, 6.07) is 12.5. The first-order chi connectivity index (χ1) is 13.1. The van der Waals surface area contributed by atoms with Gasteiger partial charge in [0.2, 0.25) is 15.6 Å². The Kier molecular flexibility index (Phi) is 7.02. The van der Waals surface area contributed by atoms with E-state index in [1.165, 1.54) is 18.2 Å². The Bertz CT molecular complexity index is 964. The number of nitrogens with one attached hydrogen (secondary N) is 1. The molecule has 0 saturated carbocycles. The van der Waals surface area contributed by atoms with Crippen LogP contribution in [0.4, 0.5) is 0 Å². The number of carboxylic acids is 1. The summed E-state index contributed by atoms with van der Waals surface area (Å²) in [6.07, 6.45) is 0. The summed E-state index contributed by atoms with van der Waals surface area (Å²) in [5, 5.41) is 9.01. The molecule has 4 N–H and O–H groups in total. The lowest BCUT2D eigenvalue weighted by Crippen LogP contribution is -2.62. The fraction of sp³-hybridized carbons (Fsp3) is 0.176. The van der Waals surface area contributed by atoms with Crippen molar-refractivity contribution in [2.75, 3.05) is 6.54 Å². The highest BCUT2D eigenvalue weighted by Crippen LogP contribution is 2.28. The Labute approximate surface area is 171 Å². The monoisotopic (exact) mass is 446 g/mol. The fourth-order valence-corrected chi connectivity index (χ4v) is 4.33. The maximum absolute atomic E-state index is 12.5. The van der Waals surface area contributed by atoms with E-state index in [1.54, 1.807) is 30.3 Å². The SMILES string of the molecule is NC(CNS(=O)(=O)c1c(Cl)cccc1Cl)(C(=O)O)C(=O)OCc1ccccc1. The van der Waals surface area contributed by atoms with Crippen LogP contribution in [0.15, 0.2) is 53.4 Å². The van der Waals surface area contributed by atoms with Crippen molar-refractivity contribution in [3.63, 3.8) is 0 Å². The standard InChI is InChI=1S/C17H16Cl2N2O6S/c18-12-7-4-8-13(19)14(12)28(25,26)21-10-17(20,15(22)23)16(24)27-9-11-5-2-1-3-6-11/h1-8,21H,9-10,20H2,(H,22,23). The van der Waals surface area contributed by atoms with Crippen LogP contribution in [0.5, 0.6) is 0 Å². The smallest absolute Gasteiger partial charge is 0.339 e. The predicted octanol–water partition coefficient (Wildman–Crippen LogP) is 1.80. The molecular weight excluding hydrogens is 431 g/mol. The molecule has 0 bridgehead atoms. The third kappa shape index (κ3) is 5.00. The van der Waals surface area contributed by atoms with E-state index in [0.717, 1.165) is 0 Å². The van der Waals surface area contributed by atoms with Gasteiger partial charge in [-0.05, 0) is 17.7 Å². The Hall–Kier alpha value is -2.17. The van der Waals surface area contributed by atoms with E-state index in [-0.39, 0.29) is 16.7 Å². The first kappa shape index (κ1) is 22.1. The molecule has 0 aliphatic heterocycles. The van der Waals surface area contributed by atoms with E-state index in [4.69, 9.17) is 33.7 Å². The van der Waals surface area contributed by atoms with Gasteiger partial charge in [0.05, 0.1) is 16.6 Å². The summed E-state index contributed by atoms with van der Waals surface area (Å²) in [7, 11) is -4.35. The predicted molar refractivity (Wildman–Crippen MR) is 102 cm³/mol. The normalized spacial score (nSPS) is 13.5. The molecule has 0 amide bonds. The number of esters is 1. The van der Waals surface area contributed by atoms with Gasteiger partial charge in [-0.3, -0.25) is 0 Å². The third-order valence-electron chi connectivity index (χ3n) is 3.69. The molecule has 150 valence electrons. The highest BCUT2D eigenvalue weighted by atomic mass is 35.5. The van der Waals surface area contributed by atoms with E-state index in [2.05, 4.69) is 0 Å². The third-order valence-corrected chi connectivity index (χ3v) is 6.04. The Balaban J connectivity index is 2.17. The molecule has 2 aromatic carbocycles. The maximum atomic E-state index is 12.5. The molecule has 2 aromatic rings. The van der Waals surface area contributed by atoms with Crippen LogP contribution in [0.25, 0.3) is 0 Å². The number of hydrogen-bond donors (Lipinski definition) is 3. The van der Waals surface area contributed by atoms with Crippen LogP contribution in [0.1, 0.15) is 5.56 Å². The molecule has 0 aromatic heterocycles. The number of rotatable bonds is 8. The fourth-order valence-electron chi connectivity index (χ4n) is 2.11. The molecule has 0 aliphatic carbocycles. The largest absolute Gasteiger partial charge is 0.479 e. The van der Waals surface area contributed by atoms with E-state index < -0.39 is 38.9 Å². The lowest BCUT2D eigenvalue weighted by atomic mass is 10.0. The molecule has 0 spiro atoms. The topological polar surface area (TPSA) is 136 Å². The zero-order valence-electron chi connectivity index (χ0n) is 14.3. The van der Waals surface area contributed by atoms with Crippen LogP contribution in [0.3, 0.4) is 0 Å². The number of benzene rings is 2. The molecule has 0 aliphatic rings. The molecule has 1 unspecified atom stereocenters. The van der Waals surface area contributed by atoms with Crippen LogP contribution in [0.2, 0.25) is 10.0 Å². The summed E-state index contributed by atoms with van der Waals surface area (Å²) in [6.45, 7) is -1.20. The van der Waals surface area contributed by atoms with Crippen molar-refractivity contribution in [1.29, 1.82) is 0 Å². The summed E-state index contributed by atoms with van der Waals surface area (Å²) in [4.78, 5) is 23.3. The molecule has 8 nitrogen and oxygen atoms in total. The summed E-state index contributed by atoms with van der Waals surface area (Å²) in [5.41, 5.74) is 3.59. The van der Waals surface area contributed by atoms with Crippen LogP contribution < -0.4 is 10.5 Å². The van der Waals surface area contributed by atoms with Crippen molar-refractivity contribution in [3.05, 3.63) is 64.1 Å². The van der Waals surface area contributed by atoms with Gasteiger partial charge in [0.25, 0.3) is 0 Å². The first-order valence-electron chi connectivity index (χ1n) is 7.75. The Morgan fingerprint density at radius 1 is 1.07 bits per heavy atom. The van der Waals surface area contributed by atoms with Crippen LogP contribution in [0, 0.1) is 0 Å². The maximum Gasteiger partial charge on any atom is 0.339 e. The zero-order chi connectivity index (χ0) is 20.9. The van der Waals surface area contributed by atoms with Crippen molar-refractivity contribution >= 4 is 45.2 Å². The summed E-state index contributed by atoms with van der Waals surface area (Å²) in [5.74, 6) is -3.07. The van der Waals surface area contributed by atoms with Crippen molar-refractivity contribution in [3.8, 4) is 0 Å². The number of carbonyl (C=O) groups excluding carboxylic acids is 1. The molecule has 2 rings (SSSR count).